The van der Waals surface area contributed by atoms with Crippen LogP contribution in [0.5, 0.6) is 0 Å². The molecule has 0 bridgehead atoms. The van der Waals surface area contributed by atoms with Crippen LogP contribution in [-0.4, -0.2) is 32.7 Å². The van der Waals surface area contributed by atoms with Gasteiger partial charge in [0.2, 0.25) is 0 Å². The predicted molar refractivity (Wildman–Crippen MR) is 123 cm³/mol. The predicted octanol–water partition coefficient (Wildman–Crippen LogP) is 4.48. The van der Waals surface area contributed by atoms with Crippen molar-refractivity contribution in [1.82, 2.24) is 14.5 Å². The van der Waals surface area contributed by atoms with Crippen LogP contribution in [0.3, 0.4) is 0 Å². The van der Waals surface area contributed by atoms with Crippen molar-refractivity contribution in [2.75, 3.05) is 6.54 Å². The summed E-state index contributed by atoms with van der Waals surface area (Å²) in [5.41, 5.74) is 6.02. The third-order valence-corrected chi connectivity index (χ3v) is 5.80. The van der Waals surface area contributed by atoms with Gasteiger partial charge in [0, 0.05) is 65.2 Å². The molecule has 1 aliphatic rings. The average molecular weight is 422 g/mol. The normalized spacial score (nSPS) is 14.0. The molecule has 1 aliphatic heterocycles. The molecule has 2 aromatic heterocycles. The van der Waals surface area contributed by atoms with Crippen LogP contribution >= 0.6 is 0 Å². The Bertz CT molecular complexity index is 1200. The van der Waals surface area contributed by atoms with Crippen LogP contribution in [-0.2, 0) is 30.7 Å². The molecule has 1 aromatic carbocycles. The second kappa shape index (κ2) is 7.91. The largest absolute Gasteiger partial charge is 0.444 e. The summed E-state index contributed by atoms with van der Waals surface area (Å²) in [5, 5.41) is 1.18. The van der Waals surface area contributed by atoms with E-state index in [2.05, 4.69) is 34.7 Å². The van der Waals surface area contributed by atoms with E-state index < -0.39 is 5.60 Å². The first-order chi connectivity index (χ1) is 14.6. The Labute approximate surface area is 182 Å². The number of hydrogen-bond acceptors (Lipinski definition) is 3. The van der Waals surface area contributed by atoms with Gasteiger partial charge in [0.05, 0.1) is 6.54 Å². The van der Waals surface area contributed by atoms with Crippen molar-refractivity contribution in [3.63, 3.8) is 0 Å². The van der Waals surface area contributed by atoms with Gasteiger partial charge >= 0.3 is 6.09 Å². The number of hydrogen-bond donors (Lipinski definition) is 1. The average Bonchev–Trinajstić information content (AvgIpc) is 2.98. The molecule has 3 aromatic rings. The summed E-state index contributed by atoms with van der Waals surface area (Å²) in [5.74, 6) is 0. The number of benzene rings is 1. The van der Waals surface area contributed by atoms with E-state index in [1.54, 1.807) is 11.0 Å². The summed E-state index contributed by atoms with van der Waals surface area (Å²) >= 11 is 0. The first-order valence-electron chi connectivity index (χ1n) is 10.9. The van der Waals surface area contributed by atoms with E-state index in [4.69, 9.17) is 4.74 Å². The van der Waals surface area contributed by atoms with Crippen LogP contribution in [0.2, 0.25) is 0 Å². The smallest absolute Gasteiger partial charge is 0.410 e. The molecule has 6 nitrogen and oxygen atoms in total. The lowest BCUT2D eigenvalue weighted by molar-refractivity contribution is 0.0223. The molecule has 0 fully saturated rings. The highest BCUT2D eigenvalue weighted by molar-refractivity contribution is 5.87. The Morgan fingerprint density at radius 1 is 1.19 bits per heavy atom. The molecule has 31 heavy (non-hydrogen) atoms. The summed E-state index contributed by atoms with van der Waals surface area (Å²) in [4.78, 5) is 30.0. The molecular formula is C25H31N3O3. The number of rotatable bonds is 3. The maximum Gasteiger partial charge on any atom is 0.410 e. The van der Waals surface area contributed by atoms with Crippen molar-refractivity contribution in [3.8, 4) is 0 Å². The zero-order valence-electron chi connectivity index (χ0n) is 19.0. The molecule has 3 heterocycles. The van der Waals surface area contributed by atoms with Crippen LogP contribution in [0.1, 0.15) is 48.8 Å². The van der Waals surface area contributed by atoms with Gasteiger partial charge in [-0.15, -0.1) is 0 Å². The number of carbonyl (C=O) groups is 1. The fourth-order valence-electron chi connectivity index (χ4n) is 4.33. The van der Waals surface area contributed by atoms with Gasteiger partial charge in [0.1, 0.15) is 5.60 Å². The van der Waals surface area contributed by atoms with Crippen LogP contribution in [0.15, 0.2) is 35.3 Å². The van der Waals surface area contributed by atoms with Crippen LogP contribution in [0.25, 0.3) is 10.9 Å². The Balaban J connectivity index is 1.67. The highest BCUT2D eigenvalue weighted by atomic mass is 16.6. The van der Waals surface area contributed by atoms with Gasteiger partial charge in [-0.05, 0) is 53.2 Å². The highest BCUT2D eigenvalue weighted by Gasteiger charge is 2.29. The standard InChI is InChI=1S/C25H31N3O3/c1-16-6-7-21-19(12-16)20-15-27(24(30)31-25(3,4)5)10-9-22(20)28(21)11-8-18-14-26-17(2)13-23(18)29/h6-7,12-14H,8-11,15H2,1-5H3,(H,26,29). The summed E-state index contributed by atoms with van der Waals surface area (Å²) in [6.45, 7) is 11.5. The van der Waals surface area contributed by atoms with Crippen LogP contribution < -0.4 is 5.43 Å². The Kier molecular flexibility index (Phi) is 5.42. The minimum Gasteiger partial charge on any atom is -0.444 e. The molecule has 1 N–H and O–H groups in total. The lowest BCUT2D eigenvalue weighted by atomic mass is 10.0. The van der Waals surface area contributed by atoms with Gasteiger partial charge in [0.25, 0.3) is 0 Å². The van der Waals surface area contributed by atoms with E-state index in [0.717, 1.165) is 29.7 Å². The topological polar surface area (TPSA) is 67.3 Å². The number of aryl methyl sites for hydroxylation is 4. The van der Waals surface area contributed by atoms with Crippen molar-refractivity contribution in [3.05, 3.63) is 68.8 Å². The highest BCUT2D eigenvalue weighted by Crippen LogP contribution is 2.32. The summed E-state index contributed by atoms with van der Waals surface area (Å²) in [6, 6.07) is 8.12. The van der Waals surface area contributed by atoms with Crippen LogP contribution in [0.4, 0.5) is 4.79 Å². The maximum absolute atomic E-state index is 12.7. The number of carbonyl (C=O) groups excluding carboxylic acids is 1. The molecule has 0 aliphatic carbocycles. The monoisotopic (exact) mass is 421 g/mol. The quantitative estimate of drug-likeness (QED) is 0.678. The van der Waals surface area contributed by atoms with Gasteiger partial charge < -0.3 is 19.2 Å². The molecule has 0 saturated carbocycles. The first kappa shape index (κ1) is 21.2. The summed E-state index contributed by atoms with van der Waals surface area (Å²) in [7, 11) is 0. The number of amides is 1. The van der Waals surface area contributed by atoms with Crippen molar-refractivity contribution < 1.29 is 9.53 Å². The molecular weight excluding hydrogens is 390 g/mol. The number of fused-ring (bicyclic) bond motifs is 3. The summed E-state index contributed by atoms with van der Waals surface area (Å²) in [6.07, 6.45) is 2.99. The molecule has 0 radical (unpaired) electrons. The van der Waals surface area contributed by atoms with Gasteiger partial charge in [-0.3, -0.25) is 4.79 Å². The number of aromatic nitrogens is 2. The third kappa shape index (κ3) is 4.38. The molecule has 4 rings (SSSR count). The van der Waals surface area contributed by atoms with E-state index in [1.807, 2.05) is 33.9 Å². The molecule has 0 saturated heterocycles. The fraction of sp³-hybridized carbons (Fsp3) is 0.440. The third-order valence-electron chi connectivity index (χ3n) is 5.80. The van der Waals surface area contributed by atoms with Gasteiger partial charge in [0.15, 0.2) is 5.43 Å². The van der Waals surface area contributed by atoms with Gasteiger partial charge in [-0.25, -0.2) is 4.79 Å². The lowest BCUT2D eigenvalue weighted by Crippen LogP contribution is -2.40. The van der Waals surface area contributed by atoms with Crippen molar-refractivity contribution in [1.29, 1.82) is 0 Å². The molecule has 0 spiro atoms. The summed E-state index contributed by atoms with van der Waals surface area (Å²) < 4.78 is 7.93. The van der Waals surface area contributed by atoms with Crippen molar-refractivity contribution >= 4 is 17.0 Å². The molecule has 6 heteroatoms. The van der Waals surface area contributed by atoms with Gasteiger partial charge in [-0.1, -0.05) is 11.6 Å². The number of H-pyrrole nitrogens is 1. The van der Waals surface area contributed by atoms with Gasteiger partial charge in [-0.2, -0.15) is 0 Å². The van der Waals surface area contributed by atoms with E-state index in [9.17, 15) is 9.59 Å². The minimum atomic E-state index is -0.511. The number of aromatic amines is 1. The second-order valence-corrected chi connectivity index (χ2v) is 9.50. The van der Waals surface area contributed by atoms with Crippen molar-refractivity contribution in [2.24, 2.45) is 0 Å². The zero-order valence-corrected chi connectivity index (χ0v) is 19.0. The number of nitrogens with zero attached hydrogens (tertiary/aromatic N) is 2. The lowest BCUT2D eigenvalue weighted by Gasteiger charge is -2.30. The molecule has 164 valence electrons. The van der Waals surface area contributed by atoms with Crippen LogP contribution in [0, 0.1) is 13.8 Å². The molecule has 0 atom stereocenters. The number of ether oxygens (including phenoxy) is 1. The Hall–Kier alpha value is -3.02. The maximum atomic E-state index is 12.7. The number of pyridine rings is 1. The second-order valence-electron chi connectivity index (χ2n) is 9.50. The van der Waals surface area contributed by atoms with E-state index in [0.29, 0.717) is 19.5 Å². The Morgan fingerprint density at radius 2 is 1.97 bits per heavy atom. The Morgan fingerprint density at radius 3 is 2.68 bits per heavy atom. The molecule has 1 amide bonds. The first-order valence-corrected chi connectivity index (χ1v) is 10.9. The fourth-order valence-corrected chi connectivity index (χ4v) is 4.33. The molecule has 0 unspecified atom stereocenters. The van der Waals surface area contributed by atoms with E-state index in [-0.39, 0.29) is 11.5 Å². The SMILES string of the molecule is Cc1ccc2c(c1)c1c(n2CCc2c[nH]c(C)cc2=O)CCN(C(=O)OC(C)(C)C)C1. The van der Waals surface area contributed by atoms with E-state index >= 15 is 0 Å². The van der Waals surface area contributed by atoms with E-state index in [1.165, 1.54) is 22.2 Å². The van der Waals surface area contributed by atoms with Crippen molar-refractivity contribution in [2.45, 2.75) is 66.2 Å². The zero-order chi connectivity index (χ0) is 22.3. The number of nitrogens with one attached hydrogen (secondary N) is 1. The minimum absolute atomic E-state index is 0.0773.